The molecule has 0 aliphatic carbocycles. The van der Waals surface area contributed by atoms with Gasteiger partial charge in [0.05, 0.1) is 6.61 Å². The second-order valence-electron chi connectivity index (χ2n) is 4.51. The van der Waals surface area contributed by atoms with Crippen LogP contribution in [-0.2, 0) is 11.2 Å². The van der Waals surface area contributed by atoms with Gasteiger partial charge in [-0.1, -0.05) is 24.3 Å². The zero-order valence-electron chi connectivity index (χ0n) is 12.6. The Morgan fingerprint density at radius 2 is 1.71 bits per heavy atom. The third-order valence-electron chi connectivity index (χ3n) is 2.90. The smallest absolute Gasteiger partial charge is 0.407 e. The average Bonchev–Trinajstić information content (AvgIpc) is 2.46. The molecule has 0 heterocycles. The first-order chi connectivity index (χ1) is 10.1. The summed E-state index contributed by atoms with van der Waals surface area (Å²) in [5, 5.41) is 7.96. The molecule has 21 heavy (non-hydrogen) atoms. The third kappa shape index (κ3) is 7.20. The molecule has 6 nitrogen and oxygen atoms in total. The summed E-state index contributed by atoms with van der Waals surface area (Å²) in [6.45, 7) is 5.38. The van der Waals surface area contributed by atoms with E-state index in [9.17, 15) is 9.59 Å². The molecule has 0 bridgehead atoms. The van der Waals surface area contributed by atoms with E-state index < -0.39 is 6.09 Å². The quantitative estimate of drug-likeness (QED) is 0.668. The van der Waals surface area contributed by atoms with Crippen LogP contribution in [0.1, 0.15) is 18.1 Å². The molecule has 0 saturated carbocycles. The molecule has 1 aromatic rings. The predicted octanol–water partition coefficient (Wildman–Crippen LogP) is 1.58. The van der Waals surface area contributed by atoms with Gasteiger partial charge in [0.25, 0.3) is 0 Å². The van der Waals surface area contributed by atoms with Gasteiger partial charge in [0.2, 0.25) is 0 Å². The van der Waals surface area contributed by atoms with Crippen LogP contribution in [-0.4, -0.2) is 38.4 Å². The lowest BCUT2D eigenvalue weighted by Gasteiger charge is -2.09. The molecule has 6 heteroatoms. The molecule has 3 amide bonds. The number of ether oxygens (including phenoxy) is 1. The van der Waals surface area contributed by atoms with Gasteiger partial charge in [0.15, 0.2) is 0 Å². The van der Waals surface area contributed by atoms with Crippen molar-refractivity contribution in [2.75, 3.05) is 26.2 Å². The molecular formula is C15H23N3O3. The SMILES string of the molecule is CCOC(=O)NCCNC(=O)NCCc1ccccc1C. The van der Waals surface area contributed by atoms with Crippen LogP contribution in [0, 0.1) is 6.92 Å². The van der Waals surface area contributed by atoms with Crippen LogP contribution >= 0.6 is 0 Å². The minimum atomic E-state index is -0.473. The molecule has 1 rings (SSSR count). The van der Waals surface area contributed by atoms with Gasteiger partial charge >= 0.3 is 12.1 Å². The Kier molecular flexibility index (Phi) is 7.71. The van der Waals surface area contributed by atoms with Crippen molar-refractivity contribution in [1.82, 2.24) is 16.0 Å². The van der Waals surface area contributed by atoms with Gasteiger partial charge in [-0.25, -0.2) is 9.59 Å². The van der Waals surface area contributed by atoms with E-state index in [0.29, 0.717) is 26.2 Å². The van der Waals surface area contributed by atoms with Crippen molar-refractivity contribution in [3.63, 3.8) is 0 Å². The molecular weight excluding hydrogens is 270 g/mol. The van der Waals surface area contributed by atoms with E-state index in [-0.39, 0.29) is 6.03 Å². The van der Waals surface area contributed by atoms with E-state index in [2.05, 4.69) is 35.0 Å². The zero-order chi connectivity index (χ0) is 15.5. The molecule has 0 unspecified atom stereocenters. The van der Waals surface area contributed by atoms with E-state index in [0.717, 1.165) is 6.42 Å². The van der Waals surface area contributed by atoms with E-state index in [1.807, 2.05) is 12.1 Å². The van der Waals surface area contributed by atoms with Crippen molar-refractivity contribution in [2.45, 2.75) is 20.3 Å². The number of carbonyl (C=O) groups is 2. The molecule has 0 saturated heterocycles. The number of nitrogens with one attached hydrogen (secondary N) is 3. The lowest BCUT2D eigenvalue weighted by Crippen LogP contribution is -2.41. The highest BCUT2D eigenvalue weighted by Crippen LogP contribution is 2.06. The highest BCUT2D eigenvalue weighted by Gasteiger charge is 2.02. The van der Waals surface area contributed by atoms with Gasteiger partial charge in [0, 0.05) is 19.6 Å². The van der Waals surface area contributed by atoms with Crippen LogP contribution < -0.4 is 16.0 Å². The molecule has 0 radical (unpaired) electrons. The first-order valence-electron chi connectivity index (χ1n) is 7.10. The number of amides is 3. The van der Waals surface area contributed by atoms with Crippen molar-refractivity contribution in [1.29, 1.82) is 0 Å². The van der Waals surface area contributed by atoms with Gasteiger partial charge in [-0.2, -0.15) is 0 Å². The van der Waals surface area contributed by atoms with Crippen molar-refractivity contribution in [2.24, 2.45) is 0 Å². The van der Waals surface area contributed by atoms with E-state index in [1.54, 1.807) is 6.92 Å². The maximum Gasteiger partial charge on any atom is 0.407 e. The maximum atomic E-state index is 11.5. The molecule has 3 N–H and O–H groups in total. The van der Waals surface area contributed by atoms with Gasteiger partial charge in [-0.3, -0.25) is 0 Å². The van der Waals surface area contributed by atoms with Crippen LogP contribution in [0.4, 0.5) is 9.59 Å². The van der Waals surface area contributed by atoms with Crippen LogP contribution in [0.3, 0.4) is 0 Å². The minimum Gasteiger partial charge on any atom is -0.450 e. The monoisotopic (exact) mass is 293 g/mol. The number of benzene rings is 1. The number of carbonyl (C=O) groups excluding carboxylic acids is 2. The van der Waals surface area contributed by atoms with Gasteiger partial charge < -0.3 is 20.7 Å². The number of rotatable bonds is 7. The topological polar surface area (TPSA) is 79.5 Å². The molecule has 0 aromatic heterocycles. The Balaban J connectivity index is 2.09. The summed E-state index contributed by atoms with van der Waals surface area (Å²) >= 11 is 0. The Morgan fingerprint density at radius 1 is 1.05 bits per heavy atom. The lowest BCUT2D eigenvalue weighted by molar-refractivity contribution is 0.152. The van der Waals surface area contributed by atoms with Crippen LogP contribution in [0.5, 0.6) is 0 Å². The molecule has 0 spiro atoms. The summed E-state index contributed by atoms with van der Waals surface area (Å²) in [5.74, 6) is 0. The van der Waals surface area contributed by atoms with Crippen molar-refractivity contribution in [3.8, 4) is 0 Å². The average molecular weight is 293 g/mol. The van der Waals surface area contributed by atoms with E-state index in [1.165, 1.54) is 11.1 Å². The Labute approximate surface area is 125 Å². The molecule has 0 aliphatic rings. The molecule has 116 valence electrons. The first-order valence-corrected chi connectivity index (χ1v) is 7.10. The van der Waals surface area contributed by atoms with Crippen LogP contribution in [0.2, 0.25) is 0 Å². The van der Waals surface area contributed by atoms with E-state index >= 15 is 0 Å². The van der Waals surface area contributed by atoms with Gasteiger partial charge in [0.1, 0.15) is 0 Å². The number of aryl methyl sites for hydroxylation is 1. The summed E-state index contributed by atoms with van der Waals surface area (Å²) in [7, 11) is 0. The van der Waals surface area contributed by atoms with Crippen LogP contribution in [0.25, 0.3) is 0 Å². The molecule has 0 fully saturated rings. The second kappa shape index (κ2) is 9.63. The highest BCUT2D eigenvalue weighted by atomic mass is 16.5. The fourth-order valence-electron chi connectivity index (χ4n) is 1.79. The maximum absolute atomic E-state index is 11.5. The summed E-state index contributed by atoms with van der Waals surface area (Å²) in [4.78, 5) is 22.5. The molecule has 0 aliphatic heterocycles. The van der Waals surface area contributed by atoms with Gasteiger partial charge in [-0.05, 0) is 31.4 Å². The first kappa shape index (κ1) is 16.8. The van der Waals surface area contributed by atoms with Crippen molar-refractivity contribution < 1.29 is 14.3 Å². The number of urea groups is 1. The summed E-state index contributed by atoms with van der Waals surface area (Å²) in [5.41, 5.74) is 2.44. The zero-order valence-corrected chi connectivity index (χ0v) is 12.6. The number of alkyl carbamates (subject to hydrolysis) is 1. The fourth-order valence-corrected chi connectivity index (χ4v) is 1.79. The second-order valence-corrected chi connectivity index (χ2v) is 4.51. The standard InChI is InChI=1S/C15H23N3O3/c1-3-21-15(20)18-11-10-17-14(19)16-9-8-13-7-5-4-6-12(13)2/h4-7H,3,8-11H2,1-2H3,(H,18,20)(H2,16,17,19). The van der Waals surface area contributed by atoms with Gasteiger partial charge in [-0.15, -0.1) is 0 Å². The van der Waals surface area contributed by atoms with Crippen molar-refractivity contribution in [3.05, 3.63) is 35.4 Å². The van der Waals surface area contributed by atoms with Crippen molar-refractivity contribution >= 4 is 12.1 Å². The normalized spacial score (nSPS) is 9.81. The number of hydrogen-bond donors (Lipinski definition) is 3. The predicted molar refractivity (Wildman–Crippen MR) is 81.3 cm³/mol. The minimum absolute atomic E-state index is 0.241. The Morgan fingerprint density at radius 3 is 2.43 bits per heavy atom. The lowest BCUT2D eigenvalue weighted by atomic mass is 10.1. The third-order valence-corrected chi connectivity index (χ3v) is 2.90. The van der Waals surface area contributed by atoms with Crippen LogP contribution in [0.15, 0.2) is 24.3 Å². The summed E-state index contributed by atoms with van der Waals surface area (Å²) < 4.78 is 4.70. The Hall–Kier alpha value is -2.24. The number of hydrogen-bond acceptors (Lipinski definition) is 3. The molecule has 1 aromatic carbocycles. The summed E-state index contributed by atoms with van der Waals surface area (Å²) in [6, 6.07) is 7.85. The fraction of sp³-hybridized carbons (Fsp3) is 0.467. The van der Waals surface area contributed by atoms with E-state index in [4.69, 9.17) is 4.74 Å². The highest BCUT2D eigenvalue weighted by molar-refractivity contribution is 5.74. The Bertz CT molecular complexity index is 463. The largest absolute Gasteiger partial charge is 0.450 e. The summed E-state index contributed by atoms with van der Waals surface area (Å²) in [6.07, 6.45) is 0.320. The molecule has 0 atom stereocenters.